The predicted molar refractivity (Wildman–Crippen MR) is 125 cm³/mol. The highest BCUT2D eigenvalue weighted by atomic mass is 16.6. The van der Waals surface area contributed by atoms with Crippen molar-refractivity contribution in [3.63, 3.8) is 0 Å². The van der Waals surface area contributed by atoms with E-state index in [0.717, 1.165) is 63.7 Å². The molecule has 3 fully saturated rings. The first-order chi connectivity index (χ1) is 15.8. The van der Waals surface area contributed by atoms with Crippen molar-refractivity contribution < 1.29 is 19.4 Å². The highest BCUT2D eigenvalue weighted by molar-refractivity contribution is 5.87. The van der Waals surface area contributed by atoms with Gasteiger partial charge < -0.3 is 19.6 Å². The molecule has 0 radical (unpaired) electrons. The molecule has 0 aromatic heterocycles. The van der Waals surface area contributed by atoms with Crippen LogP contribution in [0.2, 0.25) is 0 Å². The van der Waals surface area contributed by atoms with Gasteiger partial charge in [0.2, 0.25) is 5.91 Å². The summed E-state index contributed by atoms with van der Waals surface area (Å²) in [6.45, 7) is 5.73. The third-order valence-electron chi connectivity index (χ3n) is 7.28. The third kappa shape index (κ3) is 4.93. The minimum Gasteiger partial charge on any atom is -0.447 e. The lowest BCUT2D eigenvalue weighted by Gasteiger charge is -2.41. The molecule has 2 N–H and O–H groups in total. The highest BCUT2D eigenvalue weighted by Gasteiger charge is 2.50. The Kier molecular flexibility index (Phi) is 6.80. The second kappa shape index (κ2) is 9.60. The number of aliphatic hydroxyl groups excluding tert-OH is 1. The van der Waals surface area contributed by atoms with Crippen molar-refractivity contribution in [1.29, 1.82) is 5.26 Å². The van der Waals surface area contributed by atoms with E-state index in [0.29, 0.717) is 17.8 Å². The van der Waals surface area contributed by atoms with Gasteiger partial charge in [-0.2, -0.15) is 5.26 Å². The SMILES string of the molecule is CC(C)OC(=O)Nc1ccc(N2CCC[C@]3(CCN(C4CCC(O)CC4)C3=O)C2)c(C#N)c1. The molecule has 2 aliphatic heterocycles. The maximum absolute atomic E-state index is 13.6. The molecule has 1 saturated carbocycles. The maximum atomic E-state index is 13.6. The zero-order chi connectivity index (χ0) is 23.6. The summed E-state index contributed by atoms with van der Waals surface area (Å²) in [4.78, 5) is 29.7. The van der Waals surface area contributed by atoms with Crippen LogP contribution in [0, 0.1) is 16.7 Å². The molecule has 1 spiro atoms. The molecule has 178 valence electrons. The van der Waals surface area contributed by atoms with E-state index in [-0.39, 0.29) is 24.2 Å². The summed E-state index contributed by atoms with van der Waals surface area (Å²) >= 11 is 0. The summed E-state index contributed by atoms with van der Waals surface area (Å²) in [7, 11) is 0. The molecule has 1 aromatic rings. The molecule has 0 unspecified atom stereocenters. The monoisotopic (exact) mass is 454 g/mol. The van der Waals surface area contributed by atoms with Crippen molar-refractivity contribution in [2.75, 3.05) is 29.9 Å². The minimum atomic E-state index is -0.551. The molecular weight excluding hydrogens is 420 g/mol. The molecule has 33 heavy (non-hydrogen) atoms. The molecule has 1 aliphatic carbocycles. The van der Waals surface area contributed by atoms with E-state index in [4.69, 9.17) is 4.74 Å². The van der Waals surface area contributed by atoms with E-state index in [2.05, 4.69) is 21.2 Å². The Bertz CT molecular complexity index is 935. The normalized spacial score (nSPS) is 27.7. The predicted octanol–water partition coefficient (Wildman–Crippen LogP) is 3.64. The molecule has 3 aliphatic rings. The van der Waals surface area contributed by atoms with Crippen LogP contribution in [0.1, 0.15) is 64.4 Å². The first-order valence-electron chi connectivity index (χ1n) is 12.1. The molecule has 2 saturated heterocycles. The minimum absolute atomic E-state index is 0.229. The van der Waals surface area contributed by atoms with E-state index in [9.17, 15) is 20.0 Å². The van der Waals surface area contributed by atoms with Crippen LogP contribution in [0.25, 0.3) is 0 Å². The van der Waals surface area contributed by atoms with Crippen molar-refractivity contribution in [2.24, 2.45) is 5.41 Å². The highest BCUT2D eigenvalue weighted by Crippen LogP contribution is 2.44. The van der Waals surface area contributed by atoms with Gasteiger partial charge in [0.25, 0.3) is 0 Å². The van der Waals surface area contributed by atoms with Gasteiger partial charge in [-0.05, 0) is 77.0 Å². The Morgan fingerprint density at radius 1 is 1.24 bits per heavy atom. The zero-order valence-corrected chi connectivity index (χ0v) is 19.5. The quantitative estimate of drug-likeness (QED) is 0.720. The first-order valence-corrected chi connectivity index (χ1v) is 12.1. The van der Waals surface area contributed by atoms with Gasteiger partial charge in [0, 0.05) is 31.4 Å². The maximum Gasteiger partial charge on any atom is 0.411 e. The average molecular weight is 455 g/mol. The van der Waals surface area contributed by atoms with Gasteiger partial charge in [0.05, 0.1) is 28.9 Å². The number of nitriles is 1. The second-order valence-electron chi connectivity index (χ2n) is 9.94. The van der Waals surface area contributed by atoms with Crippen molar-refractivity contribution in [3.8, 4) is 6.07 Å². The van der Waals surface area contributed by atoms with Crippen LogP contribution in [0.15, 0.2) is 18.2 Å². The number of carbonyl (C=O) groups is 2. The molecule has 0 bridgehead atoms. The van der Waals surface area contributed by atoms with E-state index >= 15 is 0 Å². The number of carbonyl (C=O) groups excluding carboxylic acids is 2. The van der Waals surface area contributed by atoms with Gasteiger partial charge >= 0.3 is 6.09 Å². The molecule has 2 heterocycles. The van der Waals surface area contributed by atoms with Crippen LogP contribution < -0.4 is 10.2 Å². The molecule has 4 rings (SSSR count). The van der Waals surface area contributed by atoms with Gasteiger partial charge in [-0.1, -0.05) is 0 Å². The van der Waals surface area contributed by atoms with Crippen LogP contribution in [0.4, 0.5) is 16.2 Å². The standard InChI is InChI=1S/C25H34N4O4/c1-17(2)33-24(32)27-19-4-9-22(18(14-19)15-26)28-12-3-10-25(16-28)11-13-29(23(25)31)20-5-7-21(30)8-6-20/h4,9,14,17,20-21,30H,3,5-8,10-13,16H2,1-2H3,(H,27,32)/t20?,21?,25-/m0/s1. The third-order valence-corrected chi connectivity index (χ3v) is 7.28. The number of anilines is 2. The number of hydrogen-bond acceptors (Lipinski definition) is 6. The van der Waals surface area contributed by atoms with Crippen molar-refractivity contribution >= 4 is 23.4 Å². The Hall–Kier alpha value is -2.79. The van der Waals surface area contributed by atoms with Gasteiger partial charge in [0.15, 0.2) is 0 Å². The van der Waals surface area contributed by atoms with Crippen LogP contribution in [-0.2, 0) is 9.53 Å². The lowest BCUT2D eigenvalue weighted by molar-refractivity contribution is -0.139. The van der Waals surface area contributed by atoms with Crippen LogP contribution in [0.3, 0.4) is 0 Å². The summed E-state index contributed by atoms with van der Waals surface area (Å²) in [6.07, 6.45) is 4.88. The molecule has 1 aromatic carbocycles. The van der Waals surface area contributed by atoms with E-state index in [1.807, 2.05) is 6.07 Å². The van der Waals surface area contributed by atoms with E-state index in [1.165, 1.54) is 0 Å². The smallest absolute Gasteiger partial charge is 0.411 e. The van der Waals surface area contributed by atoms with Gasteiger partial charge in [-0.3, -0.25) is 10.1 Å². The number of likely N-dealkylation sites (tertiary alicyclic amines) is 1. The van der Waals surface area contributed by atoms with Gasteiger partial charge in [-0.25, -0.2) is 4.79 Å². The number of nitrogens with one attached hydrogen (secondary N) is 1. The largest absolute Gasteiger partial charge is 0.447 e. The summed E-state index contributed by atoms with van der Waals surface area (Å²) < 4.78 is 5.12. The lowest BCUT2D eigenvalue weighted by atomic mass is 9.78. The Morgan fingerprint density at radius 2 is 2.00 bits per heavy atom. The fourth-order valence-corrected chi connectivity index (χ4v) is 5.62. The number of nitrogens with zero attached hydrogens (tertiary/aromatic N) is 3. The fraction of sp³-hybridized carbons (Fsp3) is 0.640. The number of amides is 2. The lowest BCUT2D eigenvalue weighted by Crippen LogP contribution is -2.50. The second-order valence-corrected chi connectivity index (χ2v) is 9.94. The molecule has 8 nitrogen and oxygen atoms in total. The Balaban J connectivity index is 1.47. The van der Waals surface area contributed by atoms with E-state index < -0.39 is 11.5 Å². The summed E-state index contributed by atoms with van der Waals surface area (Å²) in [5.74, 6) is 0.238. The van der Waals surface area contributed by atoms with Crippen molar-refractivity contribution in [1.82, 2.24) is 4.90 Å². The van der Waals surface area contributed by atoms with Gasteiger partial charge in [-0.15, -0.1) is 0 Å². The zero-order valence-electron chi connectivity index (χ0n) is 19.5. The van der Waals surface area contributed by atoms with Crippen molar-refractivity contribution in [2.45, 2.75) is 77.0 Å². The molecule has 2 amide bonds. The summed E-state index contributed by atoms with van der Waals surface area (Å²) in [5.41, 5.74) is 1.37. The fourth-order valence-electron chi connectivity index (χ4n) is 5.62. The summed E-state index contributed by atoms with van der Waals surface area (Å²) in [5, 5.41) is 22.3. The van der Waals surface area contributed by atoms with Gasteiger partial charge in [0.1, 0.15) is 6.07 Å². The van der Waals surface area contributed by atoms with Crippen LogP contribution >= 0.6 is 0 Å². The number of piperidine rings is 1. The van der Waals surface area contributed by atoms with Crippen LogP contribution in [-0.4, -0.2) is 59.9 Å². The summed E-state index contributed by atoms with van der Waals surface area (Å²) in [6, 6.07) is 7.77. The Morgan fingerprint density at radius 3 is 2.70 bits per heavy atom. The van der Waals surface area contributed by atoms with Crippen LogP contribution in [0.5, 0.6) is 0 Å². The van der Waals surface area contributed by atoms with E-state index in [1.54, 1.807) is 26.0 Å². The molecule has 8 heteroatoms. The number of hydrogen-bond donors (Lipinski definition) is 2. The molecular formula is C25H34N4O4. The average Bonchev–Trinajstić information content (AvgIpc) is 3.09. The molecule has 1 atom stereocenters. The topological polar surface area (TPSA) is 106 Å². The van der Waals surface area contributed by atoms with Crippen molar-refractivity contribution in [3.05, 3.63) is 23.8 Å². The number of rotatable bonds is 4. The number of ether oxygens (including phenoxy) is 1. The first kappa shape index (κ1) is 23.4. The number of aliphatic hydroxyl groups is 1. The number of benzene rings is 1. The Labute approximate surface area is 195 Å².